The van der Waals surface area contributed by atoms with Crippen molar-refractivity contribution in [2.24, 2.45) is 0 Å². The third kappa shape index (κ3) is 10.1. The molecule has 0 saturated carbocycles. The second-order valence-corrected chi connectivity index (χ2v) is 6.30. The quantitative estimate of drug-likeness (QED) is 0.575. The number of rotatable bonds is 7. The summed E-state index contributed by atoms with van der Waals surface area (Å²) in [6, 6.07) is 0. The zero-order chi connectivity index (χ0) is 10.3. The van der Waals surface area contributed by atoms with E-state index in [9.17, 15) is 8.42 Å². The molecule has 0 radical (unpaired) electrons. The molecule has 0 aliphatic heterocycles. The number of hydrogen-bond donors (Lipinski definition) is 2. The van der Waals surface area contributed by atoms with Gasteiger partial charge in [0.2, 0.25) is 0 Å². The van der Waals surface area contributed by atoms with Crippen LogP contribution in [0.15, 0.2) is 0 Å². The van der Waals surface area contributed by atoms with E-state index in [1.165, 1.54) is 18.0 Å². The van der Waals surface area contributed by atoms with Gasteiger partial charge in [0, 0.05) is 12.0 Å². The molecule has 0 rings (SSSR count). The lowest BCUT2D eigenvalue weighted by molar-refractivity contribution is 0.113. The Morgan fingerprint density at radius 2 is 2.08 bits per heavy atom. The number of sulfone groups is 1. The van der Waals surface area contributed by atoms with Crippen LogP contribution in [0.1, 0.15) is 6.42 Å². The van der Waals surface area contributed by atoms with Crippen LogP contribution in [0.25, 0.3) is 0 Å². The van der Waals surface area contributed by atoms with Gasteiger partial charge in [0.15, 0.2) is 0 Å². The van der Waals surface area contributed by atoms with Crippen LogP contribution in [0.4, 0.5) is 0 Å². The summed E-state index contributed by atoms with van der Waals surface area (Å²) in [5.41, 5.74) is 0. The molecule has 0 aliphatic carbocycles. The highest BCUT2D eigenvalue weighted by atomic mass is 32.2. The van der Waals surface area contributed by atoms with Crippen molar-refractivity contribution >= 4 is 21.6 Å². The van der Waals surface area contributed by atoms with Gasteiger partial charge in [0.25, 0.3) is 0 Å². The summed E-state index contributed by atoms with van der Waals surface area (Å²) in [6.07, 6.45) is 1.12. The van der Waals surface area contributed by atoms with Gasteiger partial charge in [-0.15, -0.1) is 0 Å². The summed E-state index contributed by atoms with van der Waals surface area (Å²) < 4.78 is 21.4. The Labute approximate surface area is 83.3 Å². The largest absolute Gasteiger partial charge is 0.394 e. The molecule has 0 amide bonds. The van der Waals surface area contributed by atoms with Gasteiger partial charge in [-0.25, -0.2) is 8.42 Å². The van der Waals surface area contributed by atoms with E-state index in [1.54, 1.807) is 0 Å². The Morgan fingerprint density at radius 1 is 1.46 bits per heavy atom. The van der Waals surface area contributed by atoms with E-state index in [0.717, 1.165) is 0 Å². The summed E-state index contributed by atoms with van der Waals surface area (Å²) >= 11 is 1.45. The van der Waals surface area contributed by atoms with Gasteiger partial charge in [-0.2, -0.15) is 11.8 Å². The van der Waals surface area contributed by atoms with Crippen molar-refractivity contribution in [2.45, 2.75) is 12.5 Å². The monoisotopic (exact) mass is 228 g/mol. The van der Waals surface area contributed by atoms with Gasteiger partial charge in [0.05, 0.1) is 18.5 Å². The molecule has 6 heteroatoms. The molecule has 0 bridgehead atoms. The SMILES string of the molecule is CS(=O)(=O)CCCSCC(O)CO. The van der Waals surface area contributed by atoms with E-state index >= 15 is 0 Å². The minimum Gasteiger partial charge on any atom is -0.394 e. The molecule has 0 spiro atoms. The Balaban J connectivity index is 3.27. The molecule has 80 valence electrons. The Kier molecular flexibility index (Phi) is 6.75. The smallest absolute Gasteiger partial charge is 0.147 e. The molecular formula is C7H16O4S2. The second-order valence-electron chi connectivity index (χ2n) is 2.89. The van der Waals surface area contributed by atoms with Gasteiger partial charge in [0.1, 0.15) is 9.84 Å². The maximum atomic E-state index is 10.7. The molecule has 0 heterocycles. The molecule has 0 aromatic heterocycles. The molecule has 13 heavy (non-hydrogen) atoms. The molecule has 2 N–H and O–H groups in total. The lowest BCUT2D eigenvalue weighted by Gasteiger charge is -2.05. The minimum atomic E-state index is -2.86. The first kappa shape index (κ1) is 13.2. The number of thioether (sulfide) groups is 1. The van der Waals surface area contributed by atoms with E-state index < -0.39 is 15.9 Å². The average molecular weight is 228 g/mol. The highest BCUT2D eigenvalue weighted by molar-refractivity contribution is 7.99. The number of hydrogen-bond acceptors (Lipinski definition) is 5. The van der Waals surface area contributed by atoms with Crippen molar-refractivity contribution in [1.29, 1.82) is 0 Å². The predicted octanol–water partition coefficient (Wildman–Crippen LogP) is -0.492. The number of aliphatic hydroxyl groups is 2. The normalized spacial score (nSPS) is 14.4. The molecule has 1 atom stereocenters. The van der Waals surface area contributed by atoms with Crippen LogP contribution in [0.5, 0.6) is 0 Å². The molecule has 0 aliphatic rings. The van der Waals surface area contributed by atoms with Gasteiger partial charge in [-0.3, -0.25) is 0 Å². The van der Waals surface area contributed by atoms with E-state index in [-0.39, 0.29) is 12.4 Å². The zero-order valence-electron chi connectivity index (χ0n) is 7.64. The number of aliphatic hydroxyl groups excluding tert-OH is 2. The van der Waals surface area contributed by atoms with Gasteiger partial charge < -0.3 is 10.2 Å². The first-order valence-electron chi connectivity index (χ1n) is 4.00. The maximum Gasteiger partial charge on any atom is 0.147 e. The Morgan fingerprint density at radius 3 is 2.54 bits per heavy atom. The molecule has 0 aromatic rings. The molecule has 0 saturated heterocycles. The van der Waals surface area contributed by atoms with Crippen LogP contribution in [-0.2, 0) is 9.84 Å². The molecule has 0 fully saturated rings. The zero-order valence-corrected chi connectivity index (χ0v) is 9.27. The molecule has 1 unspecified atom stereocenters. The van der Waals surface area contributed by atoms with Crippen molar-refractivity contribution in [3.8, 4) is 0 Å². The summed E-state index contributed by atoms with van der Waals surface area (Å²) in [6.45, 7) is -0.237. The van der Waals surface area contributed by atoms with Crippen LogP contribution < -0.4 is 0 Å². The molecular weight excluding hydrogens is 212 g/mol. The van der Waals surface area contributed by atoms with E-state index in [4.69, 9.17) is 10.2 Å². The van der Waals surface area contributed by atoms with Gasteiger partial charge in [-0.1, -0.05) is 0 Å². The van der Waals surface area contributed by atoms with Crippen LogP contribution in [0, 0.1) is 0 Å². The topological polar surface area (TPSA) is 74.6 Å². The van der Waals surface area contributed by atoms with Crippen molar-refractivity contribution < 1.29 is 18.6 Å². The predicted molar refractivity (Wildman–Crippen MR) is 54.7 cm³/mol. The van der Waals surface area contributed by atoms with Gasteiger partial charge in [-0.05, 0) is 12.2 Å². The fraction of sp³-hybridized carbons (Fsp3) is 1.00. The van der Waals surface area contributed by atoms with Crippen molar-refractivity contribution in [3.63, 3.8) is 0 Å². The summed E-state index contributed by atoms with van der Waals surface area (Å²) in [5, 5.41) is 17.4. The lowest BCUT2D eigenvalue weighted by Crippen LogP contribution is -2.15. The van der Waals surface area contributed by atoms with Crippen molar-refractivity contribution in [1.82, 2.24) is 0 Å². The minimum absolute atomic E-state index is 0.190. The lowest BCUT2D eigenvalue weighted by atomic mass is 10.4. The Hall–Kier alpha value is 0.220. The maximum absolute atomic E-state index is 10.7. The summed E-state index contributed by atoms with van der Waals surface area (Å²) in [7, 11) is -2.86. The molecule has 4 nitrogen and oxygen atoms in total. The third-order valence-electron chi connectivity index (χ3n) is 1.32. The fourth-order valence-corrected chi connectivity index (χ4v) is 2.44. The highest BCUT2D eigenvalue weighted by Gasteiger charge is 2.03. The van der Waals surface area contributed by atoms with Gasteiger partial charge >= 0.3 is 0 Å². The van der Waals surface area contributed by atoms with Crippen molar-refractivity contribution in [2.75, 3.05) is 30.1 Å². The van der Waals surface area contributed by atoms with Crippen LogP contribution in [0.2, 0.25) is 0 Å². The van der Waals surface area contributed by atoms with Crippen LogP contribution in [-0.4, -0.2) is 54.9 Å². The third-order valence-corrected chi connectivity index (χ3v) is 3.55. The van der Waals surface area contributed by atoms with Crippen LogP contribution >= 0.6 is 11.8 Å². The summed E-state index contributed by atoms with van der Waals surface area (Å²) in [5.74, 6) is 1.35. The van der Waals surface area contributed by atoms with E-state index in [0.29, 0.717) is 17.9 Å². The van der Waals surface area contributed by atoms with Crippen molar-refractivity contribution in [3.05, 3.63) is 0 Å². The van der Waals surface area contributed by atoms with Crippen LogP contribution in [0.3, 0.4) is 0 Å². The van der Waals surface area contributed by atoms with E-state index in [2.05, 4.69) is 0 Å². The van der Waals surface area contributed by atoms with E-state index in [1.807, 2.05) is 0 Å². The molecule has 0 aromatic carbocycles. The second kappa shape index (κ2) is 6.64. The Bertz CT molecular complexity index is 213. The first-order chi connectivity index (χ1) is 5.95. The highest BCUT2D eigenvalue weighted by Crippen LogP contribution is 2.05. The first-order valence-corrected chi connectivity index (χ1v) is 7.21. The standard InChI is InChI=1S/C7H16O4S2/c1-13(10,11)4-2-3-12-6-7(9)5-8/h7-9H,2-6H2,1H3. The fourth-order valence-electron chi connectivity index (χ4n) is 0.695. The summed E-state index contributed by atoms with van der Waals surface area (Å²) in [4.78, 5) is 0. The average Bonchev–Trinajstić information content (AvgIpc) is 2.01.